The fraction of sp³-hybridized carbons (Fsp3) is 0.235. The molecule has 0 saturated heterocycles. The van der Waals surface area contributed by atoms with E-state index in [0.717, 1.165) is 29.8 Å². The third-order valence-electron chi connectivity index (χ3n) is 3.75. The molecule has 3 rings (SSSR count). The van der Waals surface area contributed by atoms with Gasteiger partial charge in [-0.05, 0) is 54.9 Å². The summed E-state index contributed by atoms with van der Waals surface area (Å²) < 4.78 is 13.2. The maximum atomic E-state index is 13.2. The normalized spacial score (nSPS) is 17.7. The van der Waals surface area contributed by atoms with Gasteiger partial charge in [0.1, 0.15) is 5.82 Å². The number of halogens is 2. The van der Waals surface area contributed by atoms with Crippen molar-refractivity contribution in [1.82, 2.24) is 0 Å². The summed E-state index contributed by atoms with van der Waals surface area (Å²) in [6.45, 7) is 0.573. The first-order valence-electron chi connectivity index (χ1n) is 7.24. The fourth-order valence-corrected chi connectivity index (χ4v) is 2.79. The van der Waals surface area contributed by atoms with Crippen molar-refractivity contribution in [3.05, 3.63) is 64.9 Å². The van der Waals surface area contributed by atoms with Crippen LogP contribution in [0.5, 0.6) is 0 Å². The first kappa shape index (κ1) is 15.0. The molecule has 0 amide bonds. The van der Waals surface area contributed by atoms with Gasteiger partial charge in [0.15, 0.2) is 0 Å². The molecule has 2 aromatic carbocycles. The van der Waals surface area contributed by atoms with Crippen molar-refractivity contribution in [2.45, 2.75) is 18.9 Å². The SMILES string of the molecule is NCCC1=NN(c2ccc(Cl)cc2)C(c2ccc(F)cc2)C1. The molecule has 1 heterocycles. The fourth-order valence-electron chi connectivity index (χ4n) is 2.67. The van der Waals surface area contributed by atoms with Gasteiger partial charge in [0, 0.05) is 17.2 Å². The van der Waals surface area contributed by atoms with Crippen LogP contribution in [-0.4, -0.2) is 12.3 Å². The molecule has 1 atom stereocenters. The predicted molar refractivity (Wildman–Crippen MR) is 88.8 cm³/mol. The number of nitrogens with zero attached hydrogens (tertiary/aromatic N) is 2. The molecule has 5 heteroatoms. The van der Waals surface area contributed by atoms with E-state index in [1.54, 1.807) is 0 Å². The lowest BCUT2D eigenvalue weighted by Crippen LogP contribution is -2.18. The van der Waals surface area contributed by atoms with Crippen LogP contribution in [0.2, 0.25) is 5.02 Å². The lowest BCUT2D eigenvalue weighted by Gasteiger charge is -2.24. The number of anilines is 1. The van der Waals surface area contributed by atoms with Crippen molar-refractivity contribution in [3.63, 3.8) is 0 Å². The highest BCUT2D eigenvalue weighted by molar-refractivity contribution is 6.30. The molecule has 0 saturated carbocycles. The Labute approximate surface area is 134 Å². The van der Waals surface area contributed by atoms with Crippen LogP contribution in [0.25, 0.3) is 0 Å². The topological polar surface area (TPSA) is 41.6 Å². The number of hydrogen-bond donors (Lipinski definition) is 1. The van der Waals surface area contributed by atoms with Gasteiger partial charge in [-0.2, -0.15) is 5.10 Å². The molecule has 1 unspecified atom stereocenters. The van der Waals surface area contributed by atoms with Gasteiger partial charge in [-0.15, -0.1) is 0 Å². The molecular weight excluding hydrogens is 301 g/mol. The van der Waals surface area contributed by atoms with Crippen LogP contribution in [0, 0.1) is 5.82 Å². The zero-order valence-electron chi connectivity index (χ0n) is 12.0. The quantitative estimate of drug-likeness (QED) is 0.921. The minimum atomic E-state index is -0.233. The third-order valence-corrected chi connectivity index (χ3v) is 4.00. The number of hydrazone groups is 1. The Bertz CT molecular complexity index is 667. The molecule has 0 radical (unpaired) electrons. The van der Waals surface area contributed by atoms with Crippen LogP contribution in [0.1, 0.15) is 24.4 Å². The van der Waals surface area contributed by atoms with Crippen LogP contribution < -0.4 is 10.7 Å². The van der Waals surface area contributed by atoms with Crippen molar-refractivity contribution in [3.8, 4) is 0 Å². The van der Waals surface area contributed by atoms with E-state index in [9.17, 15) is 4.39 Å². The van der Waals surface area contributed by atoms with Gasteiger partial charge in [0.25, 0.3) is 0 Å². The molecule has 0 aromatic heterocycles. The summed E-state index contributed by atoms with van der Waals surface area (Å²) in [4.78, 5) is 0. The second kappa shape index (κ2) is 6.46. The first-order valence-corrected chi connectivity index (χ1v) is 7.62. The number of nitrogens with two attached hydrogens (primary N) is 1. The number of rotatable bonds is 4. The van der Waals surface area contributed by atoms with Gasteiger partial charge in [-0.25, -0.2) is 4.39 Å². The van der Waals surface area contributed by atoms with Gasteiger partial charge < -0.3 is 5.73 Å². The number of benzene rings is 2. The summed E-state index contributed by atoms with van der Waals surface area (Å²) in [6, 6.07) is 14.2. The van der Waals surface area contributed by atoms with Crippen molar-refractivity contribution in [2.75, 3.05) is 11.6 Å². The summed E-state index contributed by atoms with van der Waals surface area (Å²) >= 11 is 5.96. The summed E-state index contributed by atoms with van der Waals surface area (Å²) in [6.07, 6.45) is 1.56. The van der Waals surface area contributed by atoms with Crippen molar-refractivity contribution in [2.24, 2.45) is 10.8 Å². The van der Waals surface area contributed by atoms with Crippen LogP contribution >= 0.6 is 11.6 Å². The van der Waals surface area contributed by atoms with Gasteiger partial charge in [-0.3, -0.25) is 5.01 Å². The average Bonchev–Trinajstić information content (AvgIpc) is 2.93. The van der Waals surface area contributed by atoms with Crippen molar-refractivity contribution in [1.29, 1.82) is 0 Å². The summed E-state index contributed by atoms with van der Waals surface area (Å²) in [5.74, 6) is -0.233. The highest BCUT2D eigenvalue weighted by Gasteiger charge is 2.28. The zero-order chi connectivity index (χ0) is 15.5. The average molecular weight is 318 g/mol. The molecule has 22 heavy (non-hydrogen) atoms. The Morgan fingerprint density at radius 2 is 1.82 bits per heavy atom. The van der Waals surface area contributed by atoms with Crippen molar-refractivity contribution >= 4 is 23.0 Å². The Hall–Kier alpha value is -1.91. The smallest absolute Gasteiger partial charge is 0.123 e. The van der Waals surface area contributed by atoms with Crippen LogP contribution in [-0.2, 0) is 0 Å². The van der Waals surface area contributed by atoms with Gasteiger partial charge >= 0.3 is 0 Å². The Morgan fingerprint density at radius 3 is 2.45 bits per heavy atom. The van der Waals surface area contributed by atoms with Gasteiger partial charge in [-0.1, -0.05) is 23.7 Å². The summed E-state index contributed by atoms with van der Waals surface area (Å²) in [7, 11) is 0. The minimum Gasteiger partial charge on any atom is -0.330 e. The monoisotopic (exact) mass is 317 g/mol. The second-order valence-electron chi connectivity index (χ2n) is 5.30. The standard InChI is InChI=1S/C17H17ClFN3/c18-13-3-7-16(8-4-13)22-17(11-15(21-22)9-10-20)12-1-5-14(19)6-2-12/h1-8,17H,9-11,20H2. The van der Waals surface area contributed by atoms with Gasteiger partial charge in [0.05, 0.1) is 11.7 Å². The van der Waals surface area contributed by atoms with E-state index in [2.05, 4.69) is 0 Å². The third kappa shape index (κ3) is 3.13. The molecule has 0 spiro atoms. The maximum Gasteiger partial charge on any atom is 0.123 e. The summed E-state index contributed by atoms with van der Waals surface area (Å²) in [5, 5.41) is 7.35. The minimum absolute atomic E-state index is 0.0586. The van der Waals surface area contributed by atoms with Crippen molar-refractivity contribution < 1.29 is 4.39 Å². The molecule has 0 bridgehead atoms. The van der Waals surface area contributed by atoms with Crippen LogP contribution in [0.4, 0.5) is 10.1 Å². The molecule has 3 nitrogen and oxygen atoms in total. The maximum absolute atomic E-state index is 13.2. The van der Waals surface area contributed by atoms with E-state index in [0.29, 0.717) is 11.6 Å². The van der Waals surface area contributed by atoms with E-state index < -0.39 is 0 Å². The Morgan fingerprint density at radius 1 is 1.14 bits per heavy atom. The number of hydrogen-bond acceptors (Lipinski definition) is 3. The predicted octanol–water partition coefficient (Wildman–Crippen LogP) is 4.14. The Balaban J connectivity index is 1.93. The lowest BCUT2D eigenvalue weighted by atomic mass is 10.0. The molecule has 2 aromatic rings. The highest BCUT2D eigenvalue weighted by atomic mass is 35.5. The Kier molecular flexibility index (Phi) is 4.41. The molecule has 114 valence electrons. The highest BCUT2D eigenvalue weighted by Crippen LogP contribution is 2.36. The van der Waals surface area contributed by atoms with E-state index >= 15 is 0 Å². The van der Waals surface area contributed by atoms with E-state index in [-0.39, 0.29) is 11.9 Å². The second-order valence-corrected chi connectivity index (χ2v) is 5.73. The molecule has 1 aliphatic rings. The lowest BCUT2D eigenvalue weighted by molar-refractivity contribution is 0.624. The van der Waals surface area contributed by atoms with Crippen LogP contribution in [0.15, 0.2) is 53.6 Å². The van der Waals surface area contributed by atoms with E-state index in [4.69, 9.17) is 22.4 Å². The van der Waals surface area contributed by atoms with E-state index in [1.165, 1.54) is 12.1 Å². The van der Waals surface area contributed by atoms with E-state index in [1.807, 2.05) is 41.4 Å². The summed E-state index contributed by atoms with van der Waals surface area (Å²) in [5.41, 5.74) is 8.71. The molecular formula is C17H17ClFN3. The largest absolute Gasteiger partial charge is 0.330 e. The molecule has 2 N–H and O–H groups in total. The van der Waals surface area contributed by atoms with Crippen LogP contribution in [0.3, 0.4) is 0 Å². The first-order chi connectivity index (χ1) is 10.7. The van der Waals surface area contributed by atoms with Gasteiger partial charge in [0.2, 0.25) is 0 Å². The molecule has 1 aliphatic heterocycles. The molecule has 0 aliphatic carbocycles. The zero-order valence-corrected chi connectivity index (χ0v) is 12.8. The molecule has 0 fully saturated rings.